The van der Waals surface area contributed by atoms with Gasteiger partial charge in [-0.1, -0.05) is 6.07 Å². The molecule has 108 valence electrons. The topological polar surface area (TPSA) is 92.5 Å². The summed E-state index contributed by atoms with van der Waals surface area (Å²) in [5.74, 6) is -0.870. The zero-order chi connectivity index (χ0) is 15.4. The van der Waals surface area contributed by atoms with E-state index in [-0.39, 0.29) is 17.1 Å². The van der Waals surface area contributed by atoms with Crippen molar-refractivity contribution in [2.75, 3.05) is 11.6 Å². The molecule has 0 fully saturated rings. The van der Waals surface area contributed by atoms with Crippen LogP contribution in [0.25, 0.3) is 0 Å². The highest BCUT2D eigenvalue weighted by Crippen LogP contribution is 2.33. The van der Waals surface area contributed by atoms with Crippen LogP contribution in [0.2, 0.25) is 0 Å². The number of nitro benzene ring substituents is 1. The first-order valence-electron chi connectivity index (χ1n) is 5.94. The number of thioether (sulfide) groups is 1. The minimum absolute atomic E-state index is 0.207. The highest BCUT2D eigenvalue weighted by molar-refractivity contribution is 7.98. The summed E-state index contributed by atoms with van der Waals surface area (Å²) >= 11 is 1.54. The summed E-state index contributed by atoms with van der Waals surface area (Å²) in [5.41, 5.74) is -0.212. The van der Waals surface area contributed by atoms with E-state index in [0.717, 1.165) is 4.90 Å². The molecule has 2 N–H and O–H groups in total. The van der Waals surface area contributed by atoms with Crippen molar-refractivity contribution in [2.45, 2.75) is 4.90 Å². The van der Waals surface area contributed by atoms with Crippen molar-refractivity contribution in [3.63, 3.8) is 0 Å². The first kappa shape index (κ1) is 14.9. The van der Waals surface area contributed by atoms with Gasteiger partial charge in [0.25, 0.3) is 11.6 Å². The Labute approximate surface area is 125 Å². The molecule has 0 aliphatic heterocycles. The number of anilines is 1. The molecule has 0 saturated carbocycles. The summed E-state index contributed by atoms with van der Waals surface area (Å²) in [7, 11) is 0. The van der Waals surface area contributed by atoms with Crippen molar-refractivity contribution in [3.8, 4) is 5.75 Å². The van der Waals surface area contributed by atoms with Crippen molar-refractivity contribution in [1.29, 1.82) is 0 Å². The average molecular weight is 304 g/mol. The molecule has 7 heteroatoms. The van der Waals surface area contributed by atoms with E-state index in [1.807, 2.05) is 6.26 Å². The number of para-hydroxylation sites is 1. The lowest BCUT2D eigenvalue weighted by atomic mass is 10.2. The highest BCUT2D eigenvalue weighted by atomic mass is 32.2. The molecule has 0 radical (unpaired) electrons. The van der Waals surface area contributed by atoms with E-state index in [1.165, 1.54) is 18.2 Å². The number of aromatic hydroxyl groups is 1. The van der Waals surface area contributed by atoms with Crippen molar-refractivity contribution in [3.05, 3.63) is 58.1 Å². The molecule has 0 unspecified atom stereocenters. The summed E-state index contributed by atoms with van der Waals surface area (Å²) in [5, 5.41) is 23.0. The Hall–Kier alpha value is -2.54. The normalized spacial score (nSPS) is 10.1. The maximum absolute atomic E-state index is 12.1. The summed E-state index contributed by atoms with van der Waals surface area (Å²) in [4.78, 5) is 23.3. The number of carbonyl (C=O) groups excluding carboxylic acids is 1. The number of rotatable bonds is 4. The molecule has 2 aromatic rings. The zero-order valence-corrected chi connectivity index (χ0v) is 11.9. The SMILES string of the molecule is CSc1ccc(C(=O)Nc2c(O)cccc2[N+](=O)[O-])cc1. The molecule has 2 rings (SSSR count). The molecule has 0 saturated heterocycles. The van der Waals surface area contributed by atoms with Gasteiger partial charge in [0.05, 0.1) is 4.92 Å². The minimum Gasteiger partial charge on any atom is -0.505 e. The van der Waals surface area contributed by atoms with Gasteiger partial charge in [-0.05, 0) is 36.6 Å². The molecule has 0 atom stereocenters. The van der Waals surface area contributed by atoms with E-state index in [2.05, 4.69) is 5.32 Å². The molecule has 0 aliphatic carbocycles. The van der Waals surface area contributed by atoms with Gasteiger partial charge in [0.1, 0.15) is 5.75 Å². The van der Waals surface area contributed by atoms with Crippen molar-refractivity contribution < 1.29 is 14.8 Å². The highest BCUT2D eigenvalue weighted by Gasteiger charge is 2.20. The molecule has 2 aromatic carbocycles. The van der Waals surface area contributed by atoms with Crippen LogP contribution in [0, 0.1) is 10.1 Å². The third-order valence-electron chi connectivity index (χ3n) is 2.81. The lowest BCUT2D eigenvalue weighted by Crippen LogP contribution is -2.13. The second-order valence-electron chi connectivity index (χ2n) is 4.11. The van der Waals surface area contributed by atoms with E-state index in [4.69, 9.17) is 0 Å². The van der Waals surface area contributed by atoms with Gasteiger partial charge in [-0.25, -0.2) is 0 Å². The van der Waals surface area contributed by atoms with Crippen LogP contribution in [-0.2, 0) is 0 Å². The second kappa shape index (κ2) is 6.27. The van der Waals surface area contributed by atoms with E-state index >= 15 is 0 Å². The van der Waals surface area contributed by atoms with Crippen molar-refractivity contribution >= 4 is 29.0 Å². The average Bonchev–Trinajstić information content (AvgIpc) is 2.49. The first-order chi connectivity index (χ1) is 10.0. The van der Waals surface area contributed by atoms with Crippen molar-refractivity contribution in [1.82, 2.24) is 0 Å². The number of carbonyl (C=O) groups is 1. The number of nitro groups is 1. The summed E-state index contributed by atoms with van der Waals surface area (Å²) in [6, 6.07) is 10.6. The first-order valence-corrected chi connectivity index (χ1v) is 7.17. The molecule has 1 amide bonds. The quantitative estimate of drug-likeness (QED) is 0.391. The fraction of sp³-hybridized carbons (Fsp3) is 0.0714. The number of hydrogen-bond donors (Lipinski definition) is 2. The molecule has 0 heterocycles. The third-order valence-corrected chi connectivity index (χ3v) is 3.55. The van der Waals surface area contributed by atoms with Gasteiger partial charge in [0, 0.05) is 16.5 Å². The number of hydrogen-bond acceptors (Lipinski definition) is 5. The van der Waals surface area contributed by atoms with Gasteiger partial charge >= 0.3 is 0 Å². The van der Waals surface area contributed by atoms with Crippen molar-refractivity contribution in [2.24, 2.45) is 0 Å². The number of phenols is 1. The van der Waals surface area contributed by atoms with E-state index in [9.17, 15) is 20.0 Å². The Morgan fingerprint density at radius 2 is 1.90 bits per heavy atom. The monoisotopic (exact) mass is 304 g/mol. The summed E-state index contributed by atoms with van der Waals surface area (Å²) in [6.45, 7) is 0. The van der Waals surface area contributed by atoms with E-state index in [1.54, 1.807) is 36.0 Å². The number of phenolic OH excluding ortho intramolecular Hbond substituents is 1. The molecule has 21 heavy (non-hydrogen) atoms. The van der Waals surface area contributed by atoms with Gasteiger partial charge < -0.3 is 10.4 Å². The fourth-order valence-corrected chi connectivity index (χ4v) is 2.14. The molecule has 0 bridgehead atoms. The van der Waals surface area contributed by atoms with E-state index in [0.29, 0.717) is 5.56 Å². The molecular formula is C14H12N2O4S. The Morgan fingerprint density at radius 1 is 1.24 bits per heavy atom. The van der Waals surface area contributed by atoms with Gasteiger partial charge in [-0.3, -0.25) is 14.9 Å². The maximum atomic E-state index is 12.1. The van der Waals surface area contributed by atoms with Gasteiger partial charge in [0.2, 0.25) is 0 Å². The van der Waals surface area contributed by atoms with Gasteiger partial charge in [-0.2, -0.15) is 0 Å². The van der Waals surface area contributed by atoms with Crippen LogP contribution in [-0.4, -0.2) is 22.2 Å². The van der Waals surface area contributed by atoms with Gasteiger partial charge in [0.15, 0.2) is 5.69 Å². The Morgan fingerprint density at radius 3 is 2.48 bits per heavy atom. The molecule has 6 nitrogen and oxygen atoms in total. The second-order valence-corrected chi connectivity index (χ2v) is 4.99. The zero-order valence-electron chi connectivity index (χ0n) is 11.1. The third kappa shape index (κ3) is 3.32. The minimum atomic E-state index is -0.661. The lowest BCUT2D eigenvalue weighted by molar-refractivity contribution is -0.384. The molecule has 0 aliphatic rings. The number of benzene rings is 2. The lowest BCUT2D eigenvalue weighted by Gasteiger charge is -2.08. The van der Waals surface area contributed by atoms with Crippen LogP contribution >= 0.6 is 11.8 Å². The van der Waals surface area contributed by atoms with Crippen LogP contribution in [0.1, 0.15) is 10.4 Å². The summed E-state index contributed by atoms with van der Waals surface area (Å²) < 4.78 is 0. The Balaban J connectivity index is 2.29. The number of nitrogens with zero attached hydrogens (tertiary/aromatic N) is 1. The van der Waals surface area contributed by atoms with Crippen LogP contribution in [0.5, 0.6) is 5.75 Å². The summed E-state index contributed by atoms with van der Waals surface area (Å²) in [6.07, 6.45) is 1.92. The smallest absolute Gasteiger partial charge is 0.296 e. The predicted molar refractivity (Wildman–Crippen MR) is 80.9 cm³/mol. The molecular weight excluding hydrogens is 292 g/mol. The largest absolute Gasteiger partial charge is 0.505 e. The molecule has 0 aromatic heterocycles. The maximum Gasteiger partial charge on any atom is 0.296 e. The predicted octanol–water partition coefficient (Wildman–Crippen LogP) is 3.27. The van der Waals surface area contributed by atoms with Crippen LogP contribution in [0.15, 0.2) is 47.4 Å². The van der Waals surface area contributed by atoms with Crippen LogP contribution in [0.3, 0.4) is 0 Å². The van der Waals surface area contributed by atoms with E-state index < -0.39 is 10.8 Å². The fourth-order valence-electron chi connectivity index (χ4n) is 1.74. The number of nitrogens with one attached hydrogen (secondary N) is 1. The standard InChI is InChI=1S/C14H12N2O4S/c1-21-10-7-5-9(6-8-10)14(18)15-13-11(16(19)20)3-2-4-12(13)17/h2-8,17H,1H3,(H,15,18). The molecule has 0 spiro atoms. The number of amides is 1. The Kier molecular flexibility index (Phi) is 4.44. The van der Waals surface area contributed by atoms with Crippen LogP contribution < -0.4 is 5.32 Å². The van der Waals surface area contributed by atoms with Gasteiger partial charge in [-0.15, -0.1) is 11.8 Å². The van der Waals surface area contributed by atoms with Crippen LogP contribution in [0.4, 0.5) is 11.4 Å². The Bertz CT molecular complexity index is 686.